The number of hydrogen-bond acceptors (Lipinski definition) is 9. The first-order chi connectivity index (χ1) is 19.8. The highest BCUT2D eigenvalue weighted by Gasteiger charge is 2.20. The van der Waals surface area contributed by atoms with Crippen molar-refractivity contribution in [2.24, 2.45) is 5.10 Å². The van der Waals surface area contributed by atoms with Crippen molar-refractivity contribution in [3.63, 3.8) is 0 Å². The summed E-state index contributed by atoms with van der Waals surface area (Å²) in [4.78, 5) is 14.5. The van der Waals surface area contributed by atoms with E-state index in [9.17, 15) is 0 Å². The third-order valence-corrected chi connectivity index (χ3v) is 7.50. The molecule has 0 bridgehead atoms. The van der Waals surface area contributed by atoms with Crippen LogP contribution in [0.15, 0.2) is 72.0 Å². The second kappa shape index (κ2) is 12.4. The molecule has 3 aromatic carbocycles. The third-order valence-electron chi connectivity index (χ3n) is 7.50. The van der Waals surface area contributed by atoms with Crippen molar-refractivity contribution < 1.29 is 9.47 Å². The molecule has 1 atom stereocenters. The maximum Gasteiger partial charge on any atom is 0.124 e. The first-order valence-corrected chi connectivity index (χ1v) is 13.9. The van der Waals surface area contributed by atoms with Gasteiger partial charge >= 0.3 is 0 Å². The van der Waals surface area contributed by atoms with Crippen molar-refractivity contribution in [2.45, 2.75) is 32.4 Å². The SMILES string of the molecule is COc1cc(OC)cc(N(CCN(Cc2ccc(N)cc2)C(C)C)c2ccc3ncc(C4C=NN(C)C4)nc3c2)c1. The summed E-state index contributed by atoms with van der Waals surface area (Å²) in [5.41, 5.74) is 12.6. The molecule has 4 aromatic rings. The summed E-state index contributed by atoms with van der Waals surface area (Å²) in [6.45, 7) is 7.66. The average Bonchev–Trinajstić information content (AvgIpc) is 3.43. The van der Waals surface area contributed by atoms with Crippen LogP contribution in [0.4, 0.5) is 17.1 Å². The van der Waals surface area contributed by atoms with Gasteiger partial charge in [-0.2, -0.15) is 5.10 Å². The Morgan fingerprint density at radius 2 is 1.66 bits per heavy atom. The quantitative estimate of drug-likeness (QED) is 0.251. The molecule has 0 saturated heterocycles. The van der Waals surface area contributed by atoms with Crippen molar-refractivity contribution in [3.05, 3.63) is 78.1 Å². The number of nitrogens with two attached hydrogens (primary N) is 1. The van der Waals surface area contributed by atoms with E-state index in [4.69, 9.17) is 25.2 Å². The highest BCUT2D eigenvalue weighted by Crippen LogP contribution is 2.34. The van der Waals surface area contributed by atoms with Crippen LogP contribution in [-0.4, -0.2) is 73.0 Å². The summed E-state index contributed by atoms with van der Waals surface area (Å²) in [5, 5.41) is 6.31. The first kappa shape index (κ1) is 28.2. The normalized spacial score (nSPS) is 14.8. The lowest BCUT2D eigenvalue weighted by atomic mass is 10.1. The van der Waals surface area contributed by atoms with Crippen LogP contribution < -0.4 is 20.1 Å². The number of nitrogens with zero attached hydrogens (tertiary/aromatic N) is 6. The zero-order valence-electron chi connectivity index (χ0n) is 24.5. The van der Waals surface area contributed by atoms with Gasteiger partial charge in [0.2, 0.25) is 0 Å². The fraction of sp³-hybridized carbons (Fsp3) is 0.344. The molecule has 0 fully saturated rings. The zero-order chi connectivity index (χ0) is 28.9. The molecule has 1 aromatic heterocycles. The topological polar surface area (TPSA) is 92.3 Å². The molecular formula is C32H39N7O2. The molecule has 9 heteroatoms. The summed E-state index contributed by atoms with van der Waals surface area (Å²) >= 11 is 0. The first-order valence-electron chi connectivity index (χ1n) is 13.9. The van der Waals surface area contributed by atoms with Gasteiger partial charge in [-0.25, -0.2) is 4.98 Å². The van der Waals surface area contributed by atoms with Crippen LogP contribution in [0.2, 0.25) is 0 Å². The highest BCUT2D eigenvalue weighted by atomic mass is 16.5. The number of ether oxygens (including phenoxy) is 2. The average molecular weight is 554 g/mol. The van der Waals surface area contributed by atoms with Crippen molar-refractivity contribution in [3.8, 4) is 11.5 Å². The molecular weight excluding hydrogens is 514 g/mol. The Kier molecular flexibility index (Phi) is 8.54. The van der Waals surface area contributed by atoms with Gasteiger partial charge in [-0.05, 0) is 49.7 Å². The second-order valence-corrected chi connectivity index (χ2v) is 10.7. The molecule has 41 heavy (non-hydrogen) atoms. The van der Waals surface area contributed by atoms with E-state index in [-0.39, 0.29) is 5.92 Å². The van der Waals surface area contributed by atoms with Gasteiger partial charge in [-0.15, -0.1) is 0 Å². The number of hydrazone groups is 1. The van der Waals surface area contributed by atoms with E-state index in [1.165, 1.54) is 5.56 Å². The maximum absolute atomic E-state index is 5.92. The van der Waals surface area contributed by atoms with Crippen LogP contribution in [0.25, 0.3) is 11.0 Å². The molecule has 0 saturated carbocycles. The number of anilines is 3. The van der Waals surface area contributed by atoms with E-state index in [1.54, 1.807) is 14.2 Å². The number of hydrogen-bond donors (Lipinski definition) is 1. The number of methoxy groups -OCH3 is 2. The Labute approximate surface area is 242 Å². The van der Waals surface area contributed by atoms with E-state index in [0.29, 0.717) is 6.04 Å². The van der Waals surface area contributed by atoms with E-state index < -0.39 is 0 Å². The van der Waals surface area contributed by atoms with Gasteiger partial charge in [-0.1, -0.05) is 12.1 Å². The summed E-state index contributed by atoms with van der Waals surface area (Å²) in [5.74, 6) is 1.60. The number of likely N-dealkylation sites (N-methyl/N-ethyl adjacent to an activating group) is 1. The molecule has 1 aliphatic rings. The van der Waals surface area contributed by atoms with Crippen LogP contribution >= 0.6 is 0 Å². The molecule has 1 aliphatic heterocycles. The summed E-state index contributed by atoms with van der Waals surface area (Å²) in [7, 11) is 5.32. The monoisotopic (exact) mass is 553 g/mol. The molecule has 0 spiro atoms. The summed E-state index contributed by atoms with van der Waals surface area (Å²) < 4.78 is 11.2. The van der Waals surface area contributed by atoms with Gasteiger partial charge in [0.05, 0.1) is 36.9 Å². The number of aromatic nitrogens is 2. The lowest BCUT2D eigenvalue weighted by Crippen LogP contribution is -2.37. The smallest absolute Gasteiger partial charge is 0.124 e. The third kappa shape index (κ3) is 6.69. The Morgan fingerprint density at radius 3 is 2.29 bits per heavy atom. The minimum atomic E-state index is 0.132. The van der Waals surface area contributed by atoms with Gasteiger partial charge in [-0.3, -0.25) is 14.9 Å². The molecule has 0 amide bonds. The van der Waals surface area contributed by atoms with Crippen LogP contribution in [0.5, 0.6) is 11.5 Å². The van der Waals surface area contributed by atoms with Crippen molar-refractivity contribution >= 4 is 34.3 Å². The van der Waals surface area contributed by atoms with Crippen LogP contribution in [0.3, 0.4) is 0 Å². The predicted molar refractivity (Wildman–Crippen MR) is 166 cm³/mol. The fourth-order valence-corrected chi connectivity index (χ4v) is 5.07. The van der Waals surface area contributed by atoms with Gasteiger partial charge in [0, 0.05) is 86.9 Å². The van der Waals surface area contributed by atoms with E-state index in [0.717, 1.165) is 71.5 Å². The molecule has 1 unspecified atom stereocenters. The summed E-state index contributed by atoms with van der Waals surface area (Å²) in [6, 6.07) is 20.7. The number of benzene rings is 3. The lowest BCUT2D eigenvalue weighted by Gasteiger charge is -2.32. The number of nitrogen functional groups attached to an aromatic ring is 1. The van der Waals surface area contributed by atoms with Gasteiger partial charge in [0.25, 0.3) is 0 Å². The molecule has 0 radical (unpaired) electrons. The van der Waals surface area contributed by atoms with Crippen LogP contribution in [-0.2, 0) is 6.54 Å². The molecule has 5 rings (SSSR count). The molecule has 214 valence electrons. The molecule has 2 N–H and O–H groups in total. The van der Waals surface area contributed by atoms with Crippen molar-refractivity contribution in [2.75, 3.05) is 51.5 Å². The van der Waals surface area contributed by atoms with Crippen LogP contribution in [0.1, 0.15) is 31.0 Å². The predicted octanol–water partition coefficient (Wildman–Crippen LogP) is 5.29. The standard InChI is InChI=1S/C32H39N7O2/c1-22(2)38(20-23-6-8-25(33)9-7-23)12-13-39(27-14-28(40-4)17-29(15-27)41-5)26-10-11-30-31(16-26)36-32(19-34-30)24-18-35-37(3)21-24/h6-11,14-19,22,24H,12-13,20-21,33H2,1-5H3. The molecule has 0 aliphatic carbocycles. The van der Waals surface area contributed by atoms with Crippen LogP contribution in [0, 0.1) is 0 Å². The van der Waals surface area contributed by atoms with Gasteiger partial charge in [0.1, 0.15) is 11.5 Å². The van der Waals surface area contributed by atoms with E-state index in [2.05, 4.69) is 53.0 Å². The largest absolute Gasteiger partial charge is 0.497 e. The Bertz CT molecular complexity index is 1480. The minimum absolute atomic E-state index is 0.132. The van der Waals surface area contributed by atoms with Crippen molar-refractivity contribution in [1.29, 1.82) is 0 Å². The maximum atomic E-state index is 5.92. The Balaban J connectivity index is 1.49. The Morgan fingerprint density at radius 1 is 0.927 bits per heavy atom. The van der Waals surface area contributed by atoms with Crippen molar-refractivity contribution in [1.82, 2.24) is 19.9 Å². The number of fused-ring (bicyclic) bond motifs is 1. The highest BCUT2D eigenvalue weighted by molar-refractivity contribution is 5.82. The fourth-order valence-electron chi connectivity index (χ4n) is 5.07. The molecule has 2 heterocycles. The Hall–Kier alpha value is -4.37. The zero-order valence-corrected chi connectivity index (χ0v) is 24.5. The van der Waals surface area contributed by atoms with Gasteiger partial charge in [0.15, 0.2) is 0 Å². The lowest BCUT2D eigenvalue weighted by molar-refractivity contribution is 0.219. The minimum Gasteiger partial charge on any atom is -0.497 e. The van der Waals surface area contributed by atoms with E-state index >= 15 is 0 Å². The van der Waals surface area contributed by atoms with Gasteiger partial charge < -0.3 is 20.1 Å². The summed E-state index contributed by atoms with van der Waals surface area (Å²) in [6.07, 6.45) is 3.80. The second-order valence-electron chi connectivity index (χ2n) is 10.7. The number of rotatable bonds is 11. The van der Waals surface area contributed by atoms with E-state index in [1.807, 2.05) is 60.9 Å². The molecule has 9 nitrogen and oxygen atoms in total.